The van der Waals surface area contributed by atoms with E-state index >= 15 is 0 Å². The second kappa shape index (κ2) is 8.63. The van der Waals surface area contributed by atoms with E-state index in [0.717, 1.165) is 37.1 Å². The summed E-state index contributed by atoms with van der Waals surface area (Å²) in [6.07, 6.45) is 8.01. The molecule has 0 amide bonds. The molecule has 1 aromatic heterocycles. The number of aryl methyl sites for hydroxylation is 1. The molecule has 1 N–H and O–H groups in total. The Kier molecular flexibility index (Phi) is 6.81. The molecule has 0 fully saturated rings. The van der Waals surface area contributed by atoms with Crippen LogP contribution in [0.15, 0.2) is 36.9 Å². The summed E-state index contributed by atoms with van der Waals surface area (Å²) in [7, 11) is 0. The normalized spacial score (nSPS) is 14.5. The van der Waals surface area contributed by atoms with Crippen LogP contribution in [0.1, 0.15) is 58.1 Å². The van der Waals surface area contributed by atoms with E-state index in [2.05, 4.69) is 36.9 Å². The standard InChI is InChI=1S/C19H28ClN3O/c1-19(2,3)18(24)17(23-14-21-13-22-23)11-6-4-5-8-15-9-7-10-16(20)12-15/h7,9-10,12-14,17-18,24H,4-6,8,11H2,1-3H3. The predicted molar refractivity (Wildman–Crippen MR) is 98.1 cm³/mol. The number of aliphatic hydroxyl groups excluding tert-OH is 1. The molecule has 2 aromatic rings. The first kappa shape index (κ1) is 18.9. The van der Waals surface area contributed by atoms with Crippen molar-refractivity contribution >= 4 is 11.6 Å². The highest BCUT2D eigenvalue weighted by Crippen LogP contribution is 2.31. The largest absolute Gasteiger partial charge is 0.390 e. The van der Waals surface area contributed by atoms with E-state index in [1.165, 1.54) is 11.9 Å². The molecule has 2 unspecified atom stereocenters. The van der Waals surface area contributed by atoms with Crippen molar-refractivity contribution in [2.24, 2.45) is 5.41 Å². The number of halogens is 1. The number of hydrogen-bond acceptors (Lipinski definition) is 3. The smallest absolute Gasteiger partial charge is 0.137 e. The van der Waals surface area contributed by atoms with Crippen LogP contribution >= 0.6 is 11.6 Å². The molecule has 2 rings (SSSR count). The Morgan fingerprint density at radius 2 is 2.00 bits per heavy atom. The van der Waals surface area contributed by atoms with Gasteiger partial charge in [-0.1, -0.05) is 57.3 Å². The summed E-state index contributed by atoms with van der Waals surface area (Å²) >= 11 is 6.02. The van der Waals surface area contributed by atoms with Gasteiger partial charge >= 0.3 is 0 Å². The van der Waals surface area contributed by atoms with Gasteiger partial charge in [-0.3, -0.25) is 0 Å². The first-order chi connectivity index (χ1) is 11.4. The Labute approximate surface area is 149 Å². The molecule has 0 aliphatic rings. The highest BCUT2D eigenvalue weighted by Gasteiger charge is 2.31. The van der Waals surface area contributed by atoms with Gasteiger partial charge in [0.05, 0.1) is 12.1 Å². The molecule has 1 aromatic carbocycles. The molecule has 24 heavy (non-hydrogen) atoms. The van der Waals surface area contributed by atoms with E-state index in [4.69, 9.17) is 11.6 Å². The minimum atomic E-state index is -0.452. The van der Waals surface area contributed by atoms with Crippen molar-refractivity contribution in [3.8, 4) is 0 Å². The second-order valence-corrected chi connectivity index (χ2v) is 7.92. The molecule has 4 nitrogen and oxygen atoms in total. The molecule has 0 spiro atoms. The third-order valence-electron chi connectivity index (χ3n) is 4.38. The van der Waals surface area contributed by atoms with Crippen LogP contribution in [0.5, 0.6) is 0 Å². The number of aliphatic hydroxyl groups is 1. The monoisotopic (exact) mass is 349 g/mol. The maximum Gasteiger partial charge on any atom is 0.137 e. The Bertz CT molecular complexity index is 607. The van der Waals surface area contributed by atoms with E-state index in [-0.39, 0.29) is 11.5 Å². The van der Waals surface area contributed by atoms with Crippen LogP contribution in [0, 0.1) is 5.41 Å². The van der Waals surface area contributed by atoms with Crippen molar-refractivity contribution in [3.63, 3.8) is 0 Å². The maximum absolute atomic E-state index is 10.7. The zero-order chi connectivity index (χ0) is 17.6. The van der Waals surface area contributed by atoms with E-state index < -0.39 is 6.10 Å². The van der Waals surface area contributed by atoms with Crippen molar-refractivity contribution in [3.05, 3.63) is 47.5 Å². The first-order valence-electron chi connectivity index (χ1n) is 8.64. The number of hydrogen-bond donors (Lipinski definition) is 1. The van der Waals surface area contributed by atoms with E-state index in [0.29, 0.717) is 0 Å². The van der Waals surface area contributed by atoms with Crippen molar-refractivity contribution in [2.75, 3.05) is 0 Å². The fraction of sp³-hybridized carbons (Fsp3) is 0.579. The van der Waals surface area contributed by atoms with Gasteiger partial charge in [-0.05, 0) is 42.4 Å². The lowest BCUT2D eigenvalue weighted by Crippen LogP contribution is -2.35. The third-order valence-corrected chi connectivity index (χ3v) is 4.62. The molecule has 2 atom stereocenters. The molecule has 0 aliphatic heterocycles. The minimum Gasteiger partial charge on any atom is -0.390 e. The Morgan fingerprint density at radius 3 is 2.62 bits per heavy atom. The molecule has 0 saturated heterocycles. The van der Waals surface area contributed by atoms with E-state index in [1.807, 2.05) is 18.2 Å². The summed E-state index contributed by atoms with van der Waals surface area (Å²) in [5.41, 5.74) is 1.10. The number of aromatic nitrogens is 3. The Morgan fingerprint density at radius 1 is 1.21 bits per heavy atom. The average Bonchev–Trinajstić information content (AvgIpc) is 3.03. The van der Waals surface area contributed by atoms with Gasteiger partial charge in [-0.25, -0.2) is 9.67 Å². The fourth-order valence-electron chi connectivity index (χ4n) is 2.95. The van der Waals surface area contributed by atoms with Crippen molar-refractivity contribution in [1.82, 2.24) is 14.8 Å². The van der Waals surface area contributed by atoms with Crippen LogP contribution < -0.4 is 0 Å². The fourth-order valence-corrected chi connectivity index (χ4v) is 3.17. The van der Waals surface area contributed by atoms with E-state index in [1.54, 1.807) is 11.0 Å². The lowest BCUT2D eigenvalue weighted by atomic mass is 9.83. The maximum atomic E-state index is 10.7. The van der Waals surface area contributed by atoms with Gasteiger partial charge in [0, 0.05) is 5.02 Å². The number of rotatable bonds is 8. The number of benzene rings is 1. The summed E-state index contributed by atoms with van der Waals surface area (Å²) < 4.78 is 1.80. The van der Waals surface area contributed by atoms with Gasteiger partial charge in [0.1, 0.15) is 12.7 Å². The van der Waals surface area contributed by atoms with Gasteiger partial charge in [0.2, 0.25) is 0 Å². The molecule has 0 aliphatic carbocycles. The van der Waals surface area contributed by atoms with Crippen molar-refractivity contribution in [1.29, 1.82) is 0 Å². The molecule has 1 heterocycles. The van der Waals surface area contributed by atoms with Crippen LogP contribution in [0.25, 0.3) is 0 Å². The summed E-state index contributed by atoms with van der Waals surface area (Å²) in [4.78, 5) is 4.03. The molecular formula is C19H28ClN3O. The number of nitrogens with zero attached hydrogens (tertiary/aromatic N) is 3. The van der Waals surface area contributed by atoms with Gasteiger partial charge in [-0.15, -0.1) is 0 Å². The lowest BCUT2D eigenvalue weighted by molar-refractivity contribution is 0.00846. The second-order valence-electron chi connectivity index (χ2n) is 7.48. The molecule has 0 radical (unpaired) electrons. The van der Waals surface area contributed by atoms with Crippen molar-refractivity contribution in [2.45, 2.75) is 65.0 Å². The minimum absolute atomic E-state index is 0.0290. The topological polar surface area (TPSA) is 50.9 Å². The zero-order valence-electron chi connectivity index (χ0n) is 14.8. The molecule has 0 bridgehead atoms. The summed E-state index contributed by atoms with van der Waals surface area (Å²) in [6, 6.07) is 8.02. The Balaban J connectivity index is 1.83. The molecule has 5 heteroatoms. The van der Waals surface area contributed by atoms with Crippen molar-refractivity contribution < 1.29 is 5.11 Å². The summed E-state index contributed by atoms with van der Waals surface area (Å²) in [6.45, 7) is 6.17. The van der Waals surface area contributed by atoms with Crippen LogP contribution in [0.4, 0.5) is 0 Å². The Hall–Kier alpha value is -1.39. The predicted octanol–water partition coefficient (Wildman–Crippen LogP) is 4.68. The third kappa shape index (κ3) is 5.60. The zero-order valence-corrected chi connectivity index (χ0v) is 15.6. The summed E-state index contributed by atoms with van der Waals surface area (Å²) in [5, 5.41) is 15.7. The van der Waals surface area contributed by atoms with Crippen LogP contribution in [-0.2, 0) is 6.42 Å². The van der Waals surface area contributed by atoms with Crippen LogP contribution in [0.2, 0.25) is 5.02 Å². The van der Waals surface area contributed by atoms with Gasteiger partial charge in [0.25, 0.3) is 0 Å². The highest BCUT2D eigenvalue weighted by molar-refractivity contribution is 6.30. The SMILES string of the molecule is CC(C)(C)C(O)C(CCCCCc1cccc(Cl)c1)n1cncn1. The molecule has 132 valence electrons. The van der Waals surface area contributed by atoms with Crippen LogP contribution in [-0.4, -0.2) is 26.0 Å². The average molecular weight is 350 g/mol. The van der Waals surface area contributed by atoms with E-state index in [9.17, 15) is 5.11 Å². The molecular weight excluding hydrogens is 322 g/mol. The van der Waals surface area contributed by atoms with Crippen LogP contribution in [0.3, 0.4) is 0 Å². The lowest BCUT2D eigenvalue weighted by Gasteiger charge is -2.33. The van der Waals surface area contributed by atoms with Gasteiger partial charge in [-0.2, -0.15) is 5.10 Å². The quantitative estimate of drug-likeness (QED) is 0.704. The number of unbranched alkanes of at least 4 members (excludes halogenated alkanes) is 2. The van der Waals surface area contributed by atoms with Gasteiger partial charge < -0.3 is 5.11 Å². The first-order valence-corrected chi connectivity index (χ1v) is 9.02. The summed E-state index contributed by atoms with van der Waals surface area (Å²) in [5.74, 6) is 0. The van der Waals surface area contributed by atoms with Gasteiger partial charge in [0.15, 0.2) is 0 Å². The highest BCUT2D eigenvalue weighted by atomic mass is 35.5. The molecule has 0 saturated carbocycles.